The lowest BCUT2D eigenvalue weighted by molar-refractivity contribution is 0.111. The standard InChI is InChI=1S/C10H7NO.C7H7NO/c12-7-8-5-9-3-1-2-4-10(9)11-6-8;1-6-3-2-4-7(5-9)8-6/h1-7H;2-5H,1H3. The molecular formula is C17H14N2O2. The summed E-state index contributed by atoms with van der Waals surface area (Å²) in [5.41, 5.74) is 2.91. The number of para-hydroxylation sites is 1. The number of hydrogen-bond donors (Lipinski definition) is 0. The maximum Gasteiger partial charge on any atom is 0.168 e. The predicted octanol–water partition coefficient (Wildman–Crippen LogP) is 3.25. The van der Waals surface area contributed by atoms with Gasteiger partial charge in [-0.3, -0.25) is 19.6 Å². The van der Waals surface area contributed by atoms with E-state index in [9.17, 15) is 9.59 Å². The third kappa shape index (κ3) is 4.04. The minimum absolute atomic E-state index is 0.495. The molecule has 0 aliphatic carbocycles. The molecule has 104 valence electrons. The average Bonchev–Trinajstić information content (AvgIpc) is 2.55. The van der Waals surface area contributed by atoms with Crippen LogP contribution in [-0.2, 0) is 0 Å². The van der Waals surface area contributed by atoms with Gasteiger partial charge in [0.25, 0.3) is 0 Å². The summed E-state index contributed by atoms with van der Waals surface area (Å²) in [6, 6.07) is 14.9. The van der Waals surface area contributed by atoms with Gasteiger partial charge in [0.05, 0.1) is 5.52 Å². The van der Waals surface area contributed by atoms with E-state index >= 15 is 0 Å². The van der Waals surface area contributed by atoms with Crippen LogP contribution in [0, 0.1) is 6.92 Å². The largest absolute Gasteiger partial charge is 0.298 e. The molecule has 4 nitrogen and oxygen atoms in total. The van der Waals surface area contributed by atoms with Crippen molar-refractivity contribution in [3.05, 3.63) is 71.7 Å². The molecule has 3 aromatic rings. The first-order valence-electron chi connectivity index (χ1n) is 6.42. The highest BCUT2D eigenvalue weighted by molar-refractivity contribution is 5.85. The van der Waals surface area contributed by atoms with Gasteiger partial charge in [-0.25, -0.2) is 0 Å². The molecule has 0 saturated carbocycles. The Hall–Kier alpha value is -2.88. The van der Waals surface area contributed by atoms with Crippen molar-refractivity contribution in [3.63, 3.8) is 0 Å². The Morgan fingerprint density at radius 3 is 2.43 bits per heavy atom. The van der Waals surface area contributed by atoms with Gasteiger partial charge in [0.2, 0.25) is 0 Å². The van der Waals surface area contributed by atoms with Crippen LogP contribution in [0.25, 0.3) is 10.9 Å². The molecule has 0 saturated heterocycles. The van der Waals surface area contributed by atoms with E-state index < -0.39 is 0 Å². The zero-order valence-corrected chi connectivity index (χ0v) is 11.6. The van der Waals surface area contributed by atoms with E-state index in [4.69, 9.17) is 0 Å². The molecule has 1 aromatic carbocycles. The van der Waals surface area contributed by atoms with E-state index in [1.54, 1.807) is 12.3 Å². The van der Waals surface area contributed by atoms with E-state index in [1.807, 2.05) is 49.4 Å². The summed E-state index contributed by atoms with van der Waals surface area (Å²) in [6.07, 6.45) is 3.13. The highest BCUT2D eigenvalue weighted by atomic mass is 16.1. The van der Waals surface area contributed by atoms with E-state index in [0.29, 0.717) is 11.3 Å². The maximum atomic E-state index is 10.4. The fourth-order valence-electron chi connectivity index (χ4n) is 1.78. The van der Waals surface area contributed by atoms with Crippen molar-refractivity contribution >= 4 is 23.5 Å². The number of pyridine rings is 2. The number of carbonyl (C=O) groups is 2. The molecule has 0 unspecified atom stereocenters. The number of rotatable bonds is 2. The second kappa shape index (κ2) is 7.05. The summed E-state index contributed by atoms with van der Waals surface area (Å²) in [4.78, 5) is 28.6. The lowest BCUT2D eigenvalue weighted by atomic mass is 10.2. The van der Waals surface area contributed by atoms with Crippen molar-refractivity contribution in [2.75, 3.05) is 0 Å². The highest BCUT2D eigenvalue weighted by Crippen LogP contribution is 2.10. The first kappa shape index (κ1) is 14.5. The fraction of sp³-hybridized carbons (Fsp3) is 0.0588. The number of fused-ring (bicyclic) bond motifs is 1. The summed E-state index contributed by atoms with van der Waals surface area (Å²) >= 11 is 0. The molecule has 0 amide bonds. The number of carbonyl (C=O) groups excluding carboxylic acids is 2. The van der Waals surface area contributed by atoms with Crippen LogP contribution < -0.4 is 0 Å². The normalized spacial score (nSPS) is 9.57. The first-order valence-corrected chi connectivity index (χ1v) is 6.42. The van der Waals surface area contributed by atoms with Gasteiger partial charge < -0.3 is 0 Å². The molecule has 4 heteroatoms. The summed E-state index contributed by atoms with van der Waals surface area (Å²) in [6.45, 7) is 1.85. The Bertz CT molecular complexity index is 769. The molecule has 0 aliphatic heterocycles. The van der Waals surface area contributed by atoms with Crippen molar-refractivity contribution in [1.82, 2.24) is 9.97 Å². The molecule has 0 radical (unpaired) electrons. The van der Waals surface area contributed by atoms with E-state index in [2.05, 4.69) is 9.97 Å². The molecule has 2 aromatic heterocycles. The lowest BCUT2D eigenvalue weighted by Crippen LogP contribution is -1.86. The zero-order valence-electron chi connectivity index (χ0n) is 11.6. The van der Waals surface area contributed by atoms with Crippen molar-refractivity contribution in [2.45, 2.75) is 6.92 Å². The Labute approximate surface area is 122 Å². The van der Waals surface area contributed by atoms with E-state index in [0.717, 1.165) is 29.2 Å². The summed E-state index contributed by atoms with van der Waals surface area (Å²) in [5, 5.41) is 1.00. The second-order valence-corrected chi connectivity index (χ2v) is 4.40. The monoisotopic (exact) mass is 278 g/mol. The molecule has 21 heavy (non-hydrogen) atoms. The number of aromatic nitrogens is 2. The maximum absolute atomic E-state index is 10.4. The predicted molar refractivity (Wildman–Crippen MR) is 81.5 cm³/mol. The number of benzene rings is 1. The van der Waals surface area contributed by atoms with Crippen LogP contribution in [0.3, 0.4) is 0 Å². The van der Waals surface area contributed by atoms with Crippen LogP contribution in [0.2, 0.25) is 0 Å². The Morgan fingerprint density at radius 2 is 1.76 bits per heavy atom. The smallest absolute Gasteiger partial charge is 0.168 e. The summed E-state index contributed by atoms with van der Waals surface area (Å²) < 4.78 is 0. The van der Waals surface area contributed by atoms with Crippen LogP contribution in [-0.4, -0.2) is 22.5 Å². The molecular weight excluding hydrogens is 264 g/mol. The topological polar surface area (TPSA) is 59.9 Å². The zero-order chi connectivity index (χ0) is 15.1. The number of aldehydes is 2. The Morgan fingerprint density at radius 1 is 0.952 bits per heavy atom. The molecule has 0 fully saturated rings. The molecule has 0 atom stereocenters. The van der Waals surface area contributed by atoms with Gasteiger partial charge in [0, 0.05) is 22.8 Å². The van der Waals surface area contributed by atoms with Crippen molar-refractivity contribution in [2.24, 2.45) is 0 Å². The minimum Gasteiger partial charge on any atom is -0.298 e. The summed E-state index contributed by atoms with van der Waals surface area (Å²) in [7, 11) is 0. The van der Waals surface area contributed by atoms with Crippen molar-refractivity contribution in [3.8, 4) is 0 Å². The fourth-order valence-corrected chi connectivity index (χ4v) is 1.78. The highest BCUT2D eigenvalue weighted by Gasteiger charge is 1.94. The summed E-state index contributed by atoms with van der Waals surface area (Å²) in [5.74, 6) is 0. The molecule has 2 heterocycles. The molecule has 0 bridgehead atoms. The molecule has 3 rings (SSSR count). The Balaban J connectivity index is 0.000000161. The van der Waals surface area contributed by atoms with E-state index in [-0.39, 0.29) is 0 Å². The lowest BCUT2D eigenvalue weighted by Gasteiger charge is -1.95. The van der Waals surface area contributed by atoms with Gasteiger partial charge in [-0.15, -0.1) is 0 Å². The molecule has 0 N–H and O–H groups in total. The average molecular weight is 278 g/mol. The minimum atomic E-state index is 0.495. The first-order chi connectivity index (χ1) is 10.2. The van der Waals surface area contributed by atoms with Crippen LogP contribution in [0.5, 0.6) is 0 Å². The van der Waals surface area contributed by atoms with Crippen LogP contribution in [0.4, 0.5) is 0 Å². The van der Waals surface area contributed by atoms with Crippen LogP contribution in [0.15, 0.2) is 54.7 Å². The molecule has 0 spiro atoms. The van der Waals surface area contributed by atoms with Gasteiger partial charge in [-0.1, -0.05) is 24.3 Å². The SMILES string of the molecule is Cc1cccc(C=O)n1.O=Cc1cnc2ccccc2c1. The number of hydrogen-bond acceptors (Lipinski definition) is 4. The second-order valence-electron chi connectivity index (χ2n) is 4.40. The van der Waals surface area contributed by atoms with Gasteiger partial charge in [0.1, 0.15) is 5.69 Å². The van der Waals surface area contributed by atoms with Crippen molar-refractivity contribution < 1.29 is 9.59 Å². The van der Waals surface area contributed by atoms with Gasteiger partial charge in [-0.2, -0.15) is 0 Å². The van der Waals surface area contributed by atoms with Crippen LogP contribution in [0.1, 0.15) is 26.5 Å². The van der Waals surface area contributed by atoms with E-state index in [1.165, 1.54) is 0 Å². The van der Waals surface area contributed by atoms with Crippen LogP contribution >= 0.6 is 0 Å². The van der Waals surface area contributed by atoms with Crippen molar-refractivity contribution in [1.29, 1.82) is 0 Å². The Kier molecular flexibility index (Phi) is 4.88. The third-order valence-electron chi connectivity index (χ3n) is 2.78. The third-order valence-corrected chi connectivity index (χ3v) is 2.78. The van der Waals surface area contributed by atoms with Gasteiger partial charge in [0.15, 0.2) is 12.6 Å². The number of nitrogens with zero attached hydrogens (tertiary/aromatic N) is 2. The molecule has 0 aliphatic rings. The quantitative estimate of drug-likeness (QED) is 0.675. The van der Waals surface area contributed by atoms with Gasteiger partial charge in [-0.05, 0) is 31.2 Å². The number of aryl methyl sites for hydroxylation is 1. The van der Waals surface area contributed by atoms with Gasteiger partial charge >= 0.3 is 0 Å².